The van der Waals surface area contributed by atoms with Gasteiger partial charge in [0.1, 0.15) is 0 Å². The third-order valence-electron chi connectivity index (χ3n) is 3.92. The first kappa shape index (κ1) is 15.5. The van der Waals surface area contributed by atoms with E-state index in [1.54, 1.807) is 13.8 Å². The van der Waals surface area contributed by atoms with Crippen LogP contribution in [0.4, 0.5) is 0 Å². The van der Waals surface area contributed by atoms with E-state index in [9.17, 15) is 9.59 Å². The summed E-state index contributed by atoms with van der Waals surface area (Å²) < 4.78 is 10.1. The summed E-state index contributed by atoms with van der Waals surface area (Å²) in [6.07, 6.45) is 2.43. The fourth-order valence-electron chi connectivity index (χ4n) is 2.95. The van der Waals surface area contributed by atoms with Gasteiger partial charge in [0.05, 0.1) is 13.2 Å². The first-order chi connectivity index (χ1) is 10.2. The lowest BCUT2D eigenvalue weighted by molar-refractivity contribution is -0.162. The van der Waals surface area contributed by atoms with Gasteiger partial charge in [0.25, 0.3) is 0 Å². The number of rotatable bonds is 6. The second-order valence-electron chi connectivity index (χ2n) is 5.23. The molecule has 0 aromatic heterocycles. The van der Waals surface area contributed by atoms with E-state index < -0.39 is 17.9 Å². The molecule has 1 aromatic rings. The molecule has 0 amide bonds. The zero-order chi connectivity index (χ0) is 15.2. The van der Waals surface area contributed by atoms with Crippen molar-refractivity contribution in [3.63, 3.8) is 0 Å². The van der Waals surface area contributed by atoms with Gasteiger partial charge in [0.2, 0.25) is 0 Å². The summed E-state index contributed by atoms with van der Waals surface area (Å²) >= 11 is 0. The monoisotopic (exact) mass is 290 g/mol. The number of hydrogen-bond donors (Lipinski definition) is 0. The van der Waals surface area contributed by atoms with Crippen molar-refractivity contribution in [1.82, 2.24) is 0 Å². The Morgan fingerprint density at radius 3 is 2.38 bits per heavy atom. The van der Waals surface area contributed by atoms with Crippen molar-refractivity contribution >= 4 is 11.9 Å². The lowest BCUT2D eigenvalue weighted by Crippen LogP contribution is -2.29. The van der Waals surface area contributed by atoms with Crippen molar-refractivity contribution in [3.05, 3.63) is 35.4 Å². The summed E-state index contributed by atoms with van der Waals surface area (Å²) in [5.74, 6) is -1.54. The Bertz CT molecular complexity index is 491. The first-order valence-corrected chi connectivity index (χ1v) is 7.58. The van der Waals surface area contributed by atoms with E-state index in [2.05, 4.69) is 12.1 Å². The van der Waals surface area contributed by atoms with Gasteiger partial charge in [-0.15, -0.1) is 0 Å². The predicted molar refractivity (Wildman–Crippen MR) is 78.9 cm³/mol. The molecule has 2 rings (SSSR count). The molecule has 0 aliphatic heterocycles. The van der Waals surface area contributed by atoms with Crippen LogP contribution >= 0.6 is 0 Å². The van der Waals surface area contributed by atoms with Gasteiger partial charge in [-0.25, -0.2) is 0 Å². The molecule has 1 unspecified atom stereocenters. The normalized spacial score (nSPS) is 16.6. The van der Waals surface area contributed by atoms with Gasteiger partial charge in [-0.3, -0.25) is 9.59 Å². The minimum Gasteiger partial charge on any atom is -0.465 e. The number of carbonyl (C=O) groups excluding carboxylic acids is 2. The summed E-state index contributed by atoms with van der Waals surface area (Å²) in [6.45, 7) is 4.03. The number of esters is 2. The van der Waals surface area contributed by atoms with E-state index in [1.807, 2.05) is 12.1 Å². The van der Waals surface area contributed by atoms with Crippen LogP contribution in [0, 0.1) is 5.92 Å². The van der Waals surface area contributed by atoms with Crippen molar-refractivity contribution in [2.24, 2.45) is 5.92 Å². The average molecular weight is 290 g/mol. The van der Waals surface area contributed by atoms with E-state index in [0.717, 1.165) is 12.8 Å². The molecule has 4 nitrogen and oxygen atoms in total. The first-order valence-electron chi connectivity index (χ1n) is 7.58. The summed E-state index contributed by atoms with van der Waals surface area (Å²) in [5, 5.41) is 0. The summed E-state index contributed by atoms with van der Waals surface area (Å²) in [4.78, 5) is 24.1. The number of hydrogen-bond acceptors (Lipinski definition) is 4. The minimum absolute atomic E-state index is 0.222. The highest BCUT2D eigenvalue weighted by atomic mass is 16.6. The van der Waals surface area contributed by atoms with Crippen molar-refractivity contribution in [1.29, 1.82) is 0 Å². The van der Waals surface area contributed by atoms with Crippen LogP contribution in [0.3, 0.4) is 0 Å². The zero-order valence-electron chi connectivity index (χ0n) is 12.6. The van der Waals surface area contributed by atoms with Crippen LogP contribution in [-0.2, 0) is 25.5 Å². The Kier molecular flexibility index (Phi) is 5.37. The fraction of sp³-hybridized carbons (Fsp3) is 0.529. The smallest absolute Gasteiger partial charge is 0.320 e. The van der Waals surface area contributed by atoms with E-state index >= 15 is 0 Å². The third-order valence-corrected chi connectivity index (χ3v) is 3.92. The quantitative estimate of drug-likeness (QED) is 0.597. The van der Waals surface area contributed by atoms with Crippen LogP contribution in [0.1, 0.15) is 43.7 Å². The molecule has 0 fully saturated rings. The Balaban J connectivity index is 2.12. The Morgan fingerprint density at radius 1 is 1.14 bits per heavy atom. The van der Waals surface area contributed by atoms with Crippen LogP contribution in [0.15, 0.2) is 24.3 Å². The maximum absolute atomic E-state index is 12.0. The van der Waals surface area contributed by atoms with E-state index in [1.165, 1.54) is 11.1 Å². The van der Waals surface area contributed by atoms with Gasteiger partial charge in [-0.05, 0) is 50.2 Å². The van der Waals surface area contributed by atoms with Crippen molar-refractivity contribution in [3.8, 4) is 0 Å². The Hall–Kier alpha value is -1.84. The standard InChI is InChI=1S/C17H22O4/c1-3-20-16(18)15(17(19)21-4-2)11-13-10-9-12-7-5-6-8-14(12)13/h5-8,13,15H,3-4,9-11H2,1-2H3. The number of aryl methyl sites for hydroxylation is 1. The third kappa shape index (κ3) is 3.63. The summed E-state index contributed by atoms with van der Waals surface area (Å²) in [5.41, 5.74) is 2.56. The largest absolute Gasteiger partial charge is 0.465 e. The van der Waals surface area contributed by atoms with Crippen LogP contribution in [-0.4, -0.2) is 25.2 Å². The number of fused-ring (bicyclic) bond motifs is 1. The molecule has 0 saturated carbocycles. The second kappa shape index (κ2) is 7.25. The van der Waals surface area contributed by atoms with Crippen molar-refractivity contribution < 1.29 is 19.1 Å². The van der Waals surface area contributed by atoms with Crippen molar-refractivity contribution in [2.45, 2.75) is 39.0 Å². The zero-order valence-corrected chi connectivity index (χ0v) is 12.6. The van der Waals surface area contributed by atoms with E-state index in [0.29, 0.717) is 6.42 Å². The number of benzene rings is 1. The summed E-state index contributed by atoms with van der Waals surface area (Å²) in [6, 6.07) is 8.22. The highest BCUT2D eigenvalue weighted by Gasteiger charge is 2.34. The molecular formula is C17H22O4. The minimum atomic E-state index is -0.818. The highest BCUT2D eigenvalue weighted by Crippen LogP contribution is 2.37. The molecular weight excluding hydrogens is 268 g/mol. The molecule has 1 atom stereocenters. The lowest BCUT2D eigenvalue weighted by Gasteiger charge is -2.18. The topological polar surface area (TPSA) is 52.6 Å². The van der Waals surface area contributed by atoms with Crippen LogP contribution in [0.2, 0.25) is 0 Å². The number of ether oxygens (including phenoxy) is 2. The summed E-state index contributed by atoms with van der Waals surface area (Å²) in [7, 11) is 0. The van der Waals surface area contributed by atoms with Gasteiger partial charge in [0.15, 0.2) is 5.92 Å². The van der Waals surface area contributed by atoms with Crippen LogP contribution < -0.4 is 0 Å². The van der Waals surface area contributed by atoms with Gasteiger partial charge in [0, 0.05) is 0 Å². The SMILES string of the molecule is CCOC(=O)C(CC1CCc2ccccc21)C(=O)OCC. The molecule has 0 saturated heterocycles. The molecule has 0 heterocycles. The lowest BCUT2D eigenvalue weighted by atomic mass is 9.90. The van der Waals surface area contributed by atoms with Gasteiger partial charge >= 0.3 is 11.9 Å². The molecule has 0 bridgehead atoms. The Labute approximate surface area is 125 Å². The average Bonchev–Trinajstić information content (AvgIpc) is 2.88. The molecule has 4 heteroatoms. The fourth-order valence-corrected chi connectivity index (χ4v) is 2.95. The Morgan fingerprint density at radius 2 is 1.76 bits per heavy atom. The molecule has 21 heavy (non-hydrogen) atoms. The maximum Gasteiger partial charge on any atom is 0.320 e. The van der Waals surface area contributed by atoms with Crippen molar-refractivity contribution in [2.75, 3.05) is 13.2 Å². The van der Waals surface area contributed by atoms with Gasteiger partial charge < -0.3 is 9.47 Å². The van der Waals surface area contributed by atoms with E-state index in [4.69, 9.17) is 9.47 Å². The molecule has 0 N–H and O–H groups in total. The molecule has 1 aromatic carbocycles. The van der Waals surface area contributed by atoms with Crippen LogP contribution in [0.5, 0.6) is 0 Å². The molecule has 1 aliphatic carbocycles. The maximum atomic E-state index is 12.0. The molecule has 114 valence electrons. The van der Waals surface area contributed by atoms with Gasteiger partial charge in [-0.1, -0.05) is 24.3 Å². The van der Waals surface area contributed by atoms with E-state index in [-0.39, 0.29) is 19.1 Å². The predicted octanol–water partition coefficient (Wildman–Crippen LogP) is 2.85. The highest BCUT2D eigenvalue weighted by molar-refractivity contribution is 5.95. The molecule has 0 radical (unpaired) electrons. The second-order valence-corrected chi connectivity index (χ2v) is 5.23. The number of carbonyl (C=O) groups is 2. The van der Waals surface area contributed by atoms with Crippen LogP contribution in [0.25, 0.3) is 0 Å². The van der Waals surface area contributed by atoms with Gasteiger partial charge in [-0.2, -0.15) is 0 Å². The molecule has 0 spiro atoms. The molecule has 1 aliphatic rings.